The van der Waals surface area contributed by atoms with Gasteiger partial charge in [0.2, 0.25) is 0 Å². The predicted molar refractivity (Wildman–Crippen MR) is 200 cm³/mol. The molecular formula is C44H44N2. The predicted octanol–water partition coefficient (Wildman–Crippen LogP) is 11.3. The van der Waals surface area contributed by atoms with Crippen molar-refractivity contribution in [1.29, 1.82) is 0 Å². The first-order valence-corrected chi connectivity index (χ1v) is 16.3. The molecule has 0 radical (unpaired) electrons. The van der Waals surface area contributed by atoms with Gasteiger partial charge in [-0.3, -0.25) is 0 Å². The summed E-state index contributed by atoms with van der Waals surface area (Å²) in [7, 11) is 0. The first-order valence-electron chi connectivity index (χ1n) is 16.3. The van der Waals surface area contributed by atoms with E-state index in [1.807, 2.05) is 43.3 Å². The van der Waals surface area contributed by atoms with Crippen LogP contribution < -0.4 is 0 Å². The van der Waals surface area contributed by atoms with Gasteiger partial charge in [-0.05, 0) is 77.1 Å². The summed E-state index contributed by atoms with van der Waals surface area (Å²) in [6.07, 6.45) is 12.0. The maximum absolute atomic E-state index is 4.94. The lowest BCUT2D eigenvalue weighted by atomic mass is 9.70. The fraction of sp³-hybridized carbons (Fsp3) is 0.182. The molecule has 46 heavy (non-hydrogen) atoms. The zero-order valence-corrected chi connectivity index (χ0v) is 27.5. The summed E-state index contributed by atoms with van der Waals surface area (Å²) in [4.78, 5) is 9.83. The highest BCUT2D eigenvalue weighted by molar-refractivity contribution is 6.13. The number of fused-ring (bicyclic) bond motifs is 1. The van der Waals surface area contributed by atoms with Crippen LogP contribution in [-0.2, 0) is 11.8 Å². The van der Waals surface area contributed by atoms with Gasteiger partial charge in [0.15, 0.2) is 5.84 Å². The largest absolute Gasteiger partial charge is 0.233 e. The van der Waals surface area contributed by atoms with Gasteiger partial charge in [-0.25, -0.2) is 9.98 Å². The molecule has 2 nitrogen and oxygen atoms in total. The Morgan fingerprint density at radius 2 is 1.39 bits per heavy atom. The highest BCUT2D eigenvalue weighted by Crippen LogP contribution is 2.40. The summed E-state index contributed by atoms with van der Waals surface area (Å²) >= 11 is 0. The Hall–Kier alpha value is -5.08. The normalized spacial score (nSPS) is 13.9. The molecule has 1 aliphatic carbocycles. The van der Waals surface area contributed by atoms with Gasteiger partial charge in [0.25, 0.3) is 0 Å². The SMILES string of the molecule is C=C/C=C(C=C)/C(C)=N/C(=N\C(=C)c1ccc(C(CC)(CC)c2ccc(C3=CCCc4ccccc43)cc2)cc1)c1ccccc1. The molecule has 2 heteroatoms. The van der Waals surface area contributed by atoms with Crippen LogP contribution >= 0.6 is 0 Å². The standard InChI is InChI=1S/C44H44N2/c1-7-17-34(8-2)32(5)45-43(38-19-12-11-13-20-38)46-33(6)35-24-28-39(29-25-35)44(9-3,10-4)40-30-26-37(27-31-40)42-23-16-21-36-18-14-15-22-41(36)42/h7-8,11-15,17-20,22-31H,1-2,6,9-10,16,21H2,3-5H3/b34-17+,45-32+,46-43-. The van der Waals surface area contributed by atoms with Crippen molar-refractivity contribution in [3.8, 4) is 0 Å². The van der Waals surface area contributed by atoms with Crippen molar-refractivity contribution in [2.75, 3.05) is 0 Å². The first kappa shape index (κ1) is 32.3. The second-order valence-electron chi connectivity index (χ2n) is 11.8. The van der Waals surface area contributed by atoms with Crippen molar-refractivity contribution >= 4 is 22.8 Å². The zero-order valence-electron chi connectivity index (χ0n) is 27.5. The molecule has 0 spiro atoms. The van der Waals surface area contributed by atoms with Crippen LogP contribution in [0.25, 0.3) is 11.3 Å². The van der Waals surface area contributed by atoms with E-state index < -0.39 is 0 Å². The van der Waals surface area contributed by atoms with E-state index in [1.165, 1.54) is 33.4 Å². The number of hydrogen-bond acceptors (Lipinski definition) is 1. The number of benzene rings is 4. The minimum absolute atomic E-state index is 0.0876. The van der Waals surface area contributed by atoms with E-state index in [9.17, 15) is 0 Å². The van der Waals surface area contributed by atoms with E-state index in [1.54, 1.807) is 12.2 Å². The number of allylic oxidation sites excluding steroid dienone is 5. The lowest BCUT2D eigenvalue weighted by Crippen LogP contribution is -2.26. The number of aryl methyl sites for hydroxylation is 1. The summed E-state index contributed by atoms with van der Waals surface area (Å²) in [6.45, 7) is 18.6. The lowest BCUT2D eigenvalue weighted by molar-refractivity contribution is 0.478. The minimum Gasteiger partial charge on any atom is -0.233 e. The zero-order chi connectivity index (χ0) is 32.5. The smallest absolute Gasteiger partial charge is 0.160 e. The van der Waals surface area contributed by atoms with Crippen molar-refractivity contribution in [1.82, 2.24) is 0 Å². The molecule has 0 saturated carbocycles. The fourth-order valence-corrected chi connectivity index (χ4v) is 6.56. The maximum Gasteiger partial charge on any atom is 0.160 e. The molecule has 0 aliphatic heterocycles. The summed E-state index contributed by atoms with van der Waals surface area (Å²) < 4.78 is 0. The van der Waals surface area contributed by atoms with E-state index in [0.717, 1.165) is 48.1 Å². The van der Waals surface area contributed by atoms with E-state index in [-0.39, 0.29) is 5.41 Å². The van der Waals surface area contributed by atoms with E-state index in [4.69, 9.17) is 9.98 Å². The molecule has 1 aliphatic rings. The molecule has 0 bridgehead atoms. The van der Waals surface area contributed by atoms with Crippen LogP contribution in [0.1, 0.15) is 79.0 Å². The molecule has 230 valence electrons. The third-order valence-corrected chi connectivity index (χ3v) is 9.28. The maximum atomic E-state index is 4.94. The minimum atomic E-state index is -0.0876. The Kier molecular flexibility index (Phi) is 10.4. The molecule has 0 unspecified atom stereocenters. The monoisotopic (exact) mass is 600 g/mol. The van der Waals surface area contributed by atoms with Crippen LogP contribution in [0.4, 0.5) is 0 Å². The Morgan fingerprint density at radius 3 is 2.02 bits per heavy atom. The second-order valence-corrected chi connectivity index (χ2v) is 11.8. The van der Waals surface area contributed by atoms with Crippen molar-refractivity contribution in [3.63, 3.8) is 0 Å². The van der Waals surface area contributed by atoms with Gasteiger partial charge < -0.3 is 0 Å². The topological polar surface area (TPSA) is 24.7 Å². The van der Waals surface area contributed by atoms with Crippen molar-refractivity contribution in [3.05, 3.63) is 192 Å². The highest BCUT2D eigenvalue weighted by atomic mass is 14.9. The molecule has 0 N–H and O–H groups in total. The van der Waals surface area contributed by atoms with Gasteiger partial charge in [0.05, 0.1) is 5.70 Å². The average Bonchev–Trinajstić information content (AvgIpc) is 3.11. The van der Waals surface area contributed by atoms with Gasteiger partial charge in [0, 0.05) is 16.7 Å². The van der Waals surface area contributed by atoms with Gasteiger partial charge >= 0.3 is 0 Å². The van der Waals surface area contributed by atoms with Crippen LogP contribution in [-0.4, -0.2) is 11.5 Å². The third-order valence-electron chi connectivity index (χ3n) is 9.28. The van der Waals surface area contributed by atoms with Gasteiger partial charge in [0.1, 0.15) is 0 Å². The van der Waals surface area contributed by atoms with E-state index in [2.05, 4.69) is 112 Å². The van der Waals surface area contributed by atoms with Gasteiger partial charge in [-0.15, -0.1) is 0 Å². The Morgan fingerprint density at radius 1 is 0.761 bits per heavy atom. The Balaban J connectivity index is 1.44. The Bertz CT molecular complexity index is 1820. The van der Waals surface area contributed by atoms with Crippen molar-refractivity contribution in [2.24, 2.45) is 9.98 Å². The number of amidine groups is 1. The molecule has 0 aromatic heterocycles. The molecule has 0 heterocycles. The first-order chi connectivity index (χ1) is 22.4. The van der Waals surface area contributed by atoms with Crippen molar-refractivity contribution in [2.45, 2.75) is 51.9 Å². The number of nitrogens with zero attached hydrogens (tertiary/aromatic N) is 2. The molecule has 0 fully saturated rings. The quantitative estimate of drug-likeness (QED) is 0.0929. The lowest BCUT2D eigenvalue weighted by Gasteiger charge is -2.33. The second kappa shape index (κ2) is 14.8. The average molecular weight is 601 g/mol. The van der Waals surface area contributed by atoms with E-state index in [0.29, 0.717) is 11.5 Å². The molecular weight excluding hydrogens is 556 g/mol. The molecule has 0 amide bonds. The van der Waals surface area contributed by atoms with Crippen molar-refractivity contribution < 1.29 is 0 Å². The number of rotatable bonds is 11. The van der Waals surface area contributed by atoms with Gasteiger partial charge in [-0.2, -0.15) is 0 Å². The summed E-state index contributed by atoms with van der Waals surface area (Å²) in [5.74, 6) is 0.608. The summed E-state index contributed by atoms with van der Waals surface area (Å²) in [5, 5.41) is 0. The molecule has 5 rings (SSSR count). The highest BCUT2D eigenvalue weighted by Gasteiger charge is 2.31. The molecule has 4 aromatic rings. The number of aliphatic imine (C=N–C) groups is 2. The van der Waals surface area contributed by atoms with E-state index >= 15 is 0 Å². The fourth-order valence-electron chi connectivity index (χ4n) is 6.56. The van der Waals surface area contributed by atoms with Crippen LogP contribution in [0, 0.1) is 0 Å². The van der Waals surface area contributed by atoms with Gasteiger partial charge in [-0.1, -0.05) is 161 Å². The van der Waals surface area contributed by atoms with Crippen LogP contribution in [0.3, 0.4) is 0 Å². The summed E-state index contributed by atoms with van der Waals surface area (Å²) in [5.41, 5.74) is 12.3. The van der Waals surface area contributed by atoms with Crippen LogP contribution in [0.2, 0.25) is 0 Å². The molecule has 0 atom stereocenters. The summed E-state index contributed by atoms with van der Waals surface area (Å²) in [6, 6.07) is 36.9. The molecule has 4 aromatic carbocycles. The molecule has 0 saturated heterocycles. The Labute approximate surface area is 275 Å². The third kappa shape index (κ3) is 6.77. The van der Waals surface area contributed by atoms with Crippen LogP contribution in [0.15, 0.2) is 163 Å². The van der Waals surface area contributed by atoms with Crippen LogP contribution in [0.5, 0.6) is 0 Å². The number of hydrogen-bond donors (Lipinski definition) is 0.